The van der Waals surface area contributed by atoms with Crippen molar-refractivity contribution >= 4 is 11.5 Å². The summed E-state index contributed by atoms with van der Waals surface area (Å²) in [6.45, 7) is 0. The molecule has 1 saturated carbocycles. The van der Waals surface area contributed by atoms with E-state index < -0.39 is 0 Å². The third-order valence-corrected chi connectivity index (χ3v) is 3.67. The highest BCUT2D eigenvalue weighted by molar-refractivity contribution is 7.05. The summed E-state index contributed by atoms with van der Waals surface area (Å²) in [6.07, 6.45) is 7.45. The first kappa shape index (κ1) is 9.16. The predicted molar refractivity (Wildman–Crippen MR) is 53.8 cm³/mol. The minimum Gasteiger partial charge on any atom is -0.393 e. The standard InChI is InChI=1S/C10H15NOS/c12-10-3-1-2-8(10)4-5-9-6-7-11-13-9/h6-8,10,12H,1-5H2/t8-,10+/m0/s1. The van der Waals surface area contributed by atoms with E-state index in [2.05, 4.69) is 10.4 Å². The van der Waals surface area contributed by atoms with Crippen molar-refractivity contribution in [3.63, 3.8) is 0 Å². The molecule has 1 aromatic heterocycles. The van der Waals surface area contributed by atoms with Gasteiger partial charge in [0.1, 0.15) is 0 Å². The maximum Gasteiger partial charge on any atom is 0.0568 e. The highest BCUT2D eigenvalue weighted by Gasteiger charge is 2.24. The number of hydrogen-bond donors (Lipinski definition) is 1. The molecule has 0 saturated heterocycles. The number of rotatable bonds is 3. The fourth-order valence-corrected chi connectivity index (χ4v) is 2.64. The first-order valence-electron chi connectivity index (χ1n) is 4.94. The summed E-state index contributed by atoms with van der Waals surface area (Å²) in [5, 5.41) is 9.61. The molecule has 1 aliphatic rings. The van der Waals surface area contributed by atoms with Gasteiger partial charge in [-0.25, -0.2) is 4.37 Å². The molecule has 0 radical (unpaired) electrons. The van der Waals surface area contributed by atoms with Gasteiger partial charge in [-0.3, -0.25) is 0 Å². The molecule has 2 atom stereocenters. The van der Waals surface area contributed by atoms with Gasteiger partial charge in [-0.15, -0.1) is 0 Å². The molecule has 0 bridgehead atoms. The molecular weight excluding hydrogens is 182 g/mol. The lowest BCUT2D eigenvalue weighted by atomic mass is 9.99. The van der Waals surface area contributed by atoms with Gasteiger partial charge in [0.05, 0.1) is 6.10 Å². The van der Waals surface area contributed by atoms with E-state index in [-0.39, 0.29) is 6.10 Å². The fraction of sp³-hybridized carbons (Fsp3) is 0.700. The van der Waals surface area contributed by atoms with Gasteiger partial charge < -0.3 is 5.11 Å². The Labute approximate surface area is 82.8 Å². The van der Waals surface area contributed by atoms with Crippen LogP contribution >= 0.6 is 11.5 Å². The number of aryl methyl sites for hydroxylation is 1. The molecule has 0 aromatic carbocycles. The lowest BCUT2D eigenvalue weighted by Crippen LogP contribution is -2.13. The van der Waals surface area contributed by atoms with Crippen molar-refractivity contribution in [2.45, 2.75) is 38.2 Å². The Morgan fingerprint density at radius 3 is 3.08 bits per heavy atom. The quantitative estimate of drug-likeness (QED) is 0.806. The molecule has 1 heterocycles. The SMILES string of the molecule is O[C@@H]1CCC[C@H]1CCc1ccns1. The maximum atomic E-state index is 9.61. The number of aliphatic hydroxyl groups excluding tert-OH is 1. The molecule has 0 spiro atoms. The first-order valence-corrected chi connectivity index (χ1v) is 5.71. The molecule has 2 rings (SSSR count). The van der Waals surface area contributed by atoms with Crippen molar-refractivity contribution in [2.24, 2.45) is 5.92 Å². The van der Waals surface area contributed by atoms with Gasteiger partial charge >= 0.3 is 0 Å². The van der Waals surface area contributed by atoms with Gasteiger partial charge in [0.15, 0.2) is 0 Å². The molecule has 1 aromatic rings. The van der Waals surface area contributed by atoms with Crippen molar-refractivity contribution in [2.75, 3.05) is 0 Å². The van der Waals surface area contributed by atoms with Gasteiger partial charge in [0, 0.05) is 11.1 Å². The van der Waals surface area contributed by atoms with E-state index in [1.807, 2.05) is 6.20 Å². The molecule has 3 heteroatoms. The Hall–Kier alpha value is -0.410. The van der Waals surface area contributed by atoms with Crippen molar-refractivity contribution in [3.05, 3.63) is 17.1 Å². The lowest BCUT2D eigenvalue weighted by molar-refractivity contribution is 0.128. The zero-order valence-corrected chi connectivity index (χ0v) is 8.46. The summed E-state index contributed by atoms with van der Waals surface area (Å²) in [7, 11) is 0. The zero-order valence-electron chi connectivity index (χ0n) is 7.65. The highest BCUT2D eigenvalue weighted by Crippen LogP contribution is 2.29. The van der Waals surface area contributed by atoms with E-state index in [4.69, 9.17) is 0 Å². The molecule has 0 aliphatic heterocycles. The van der Waals surface area contributed by atoms with Crippen molar-refractivity contribution in [3.8, 4) is 0 Å². The number of aliphatic hydroxyl groups is 1. The number of hydrogen-bond acceptors (Lipinski definition) is 3. The van der Waals surface area contributed by atoms with Crippen LogP contribution in [0.5, 0.6) is 0 Å². The Bertz CT molecular complexity index is 247. The summed E-state index contributed by atoms with van der Waals surface area (Å²) < 4.78 is 4.07. The summed E-state index contributed by atoms with van der Waals surface area (Å²) in [5.41, 5.74) is 0. The summed E-state index contributed by atoms with van der Waals surface area (Å²) in [4.78, 5) is 1.35. The molecule has 2 nitrogen and oxygen atoms in total. The monoisotopic (exact) mass is 197 g/mol. The summed E-state index contributed by atoms with van der Waals surface area (Å²) in [6, 6.07) is 2.08. The molecule has 0 unspecified atom stereocenters. The van der Waals surface area contributed by atoms with Crippen LogP contribution in [-0.4, -0.2) is 15.6 Å². The number of aromatic nitrogens is 1. The summed E-state index contributed by atoms with van der Waals surface area (Å²) in [5.74, 6) is 0.544. The fourth-order valence-electron chi connectivity index (χ4n) is 2.05. The second kappa shape index (κ2) is 4.20. The van der Waals surface area contributed by atoms with Crippen molar-refractivity contribution in [1.82, 2.24) is 4.37 Å². The van der Waals surface area contributed by atoms with Crippen LogP contribution in [0.4, 0.5) is 0 Å². The Morgan fingerprint density at radius 2 is 2.46 bits per heavy atom. The Kier molecular flexibility index (Phi) is 2.96. The predicted octanol–water partition coefficient (Wildman–Crippen LogP) is 2.24. The van der Waals surface area contributed by atoms with Gasteiger partial charge in [-0.05, 0) is 49.2 Å². The van der Waals surface area contributed by atoms with Crippen LogP contribution in [0.25, 0.3) is 0 Å². The normalized spacial score (nSPS) is 28.1. The molecular formula is C10H15NOS. The van der Waals surface area contributed by atoms with E-state index in [1.165, 1.54) is 17.7 Å². The smallest absolute Gasteiger partial charge is 0.0568 e. The zero-order chi connectivity index (χ0) is 9.10. The summed E-state index contributed by atoms with van der Waals surface area (Å²) >= 11 is 1.58. The van der Waals surface area contributed by atoms with Crippen LogP contribution < -0.4 is 0 Å². The van der Waals surface area contributed by atoms with Crippen molar-refractivity contribution in [1.29, 1.82) is 0 Å². The van der Waals surface area contributed by atoms with E-state index in [9.17, 15) is 5.11 Å². The Morgan fingerprint density at radius 1 is 1.54 bits per heavy atom. The van der Waals surface area contributed by atoms with Gasteiger partial charge in [-0.2, -0.15) is 0 Å². The van der Waals surface area contributed by atoms with E-state index in [0.29, 0.717) is 5.92 Å². The average molecular weight is 197 g/mol. The van der Waals surface area contributed by atoms with Crippen LogP contribution in [0.1, 0.15) is 30.6 Å². The van der Waals surface area contributed by atoms with Gasteiger partial charge in [0.25, 0.3) is 0 Å². The third-order valence-electron chi connectivity index (χ3n) is 2.87. The molecule has 72 valence electrons. The minimum absolute atomic E-state index is 0.0343. The van der Waals surface area contributed by atoms with E-state index in [1.54, 1.807) is 11.5 Å². The first-order chi connectivity index (χ1) is 6.36. The van der Waals surface area contributed by atoms with Crippen LogP contribution in [0.3, 0.4) is 0 Å². The third kappa shape index (κ3) is 2.29. The molecule has 1 fully saturated rings. The van der Waals surface area contributed by atoms with E-state index >= 15 is 0 Å². The van der Waals surface area contributed by atoms with Crippen LogP contribution in [0.2, 0.25) is 0 Å². The Balaban J connectivity index is 1.79. The van der Waals surface area contributed by atoms with Gasteiger partial charge in [0.2, 0.25) is 0 Å². The second-order valence-corrected chi connectivity index (χ2v) is 4.69. The largest absolute Gasteiger partial charge is 0.393 e. The molecule has 13 heavy (non-hydrogen) atoms. The topological polar surface area (TPSA) is 33.1 Å². The molecule has 1 N–H and O–H groups in total. The minimum atomic E-state index is -0.0343. The average Bonchev–Trinajstić information content (AvgIpc) is 2.72. The van der Waals surface area contributed by atoms with Gasteiger partial charge in [-0.1, -0.05) is 6.42 Å². The maximum absolute atomic E-state index is 9.61. The number of nitrogens with zero attached hydrogens (tertiary/aromatic N) is 1. The van der Waals surface area contributed by atoms with Crippen LogP contribution in [0, 0.1) is 5.92 Å². The van der Waals surface area contributed by atoms with Crippen LogP contribution in [-0.2, 0) is 6.42 Å². The lowest BCUT2D eigenvalue weighted by Gasteiger charge is -2.12. The second-order valence-electron chi connectivity index (χ2n) is 3.78. The molecule has 0 amide bonds. The van der Waals surface area contributed by atoms with Crippen LogP contribution in [0.15, 0.2) is 12.3 Å². The highest BCUT2D eigenvalue weighted by atomic mass is 32.1. The van der Waals surface area contributed by atoms with E-state index in [0.717, 1.165) is 19.3 Å². The molecule has 1 aliphatic carbocycles. The van der Waals surface area contributed by atoms with Crippen molar-refractivity contribution < 1.29 is 5.11 Å².